The van der Waals surface area contributed by atoms with Crippen molar-refractivity contribution < 1.29 is 23.4 Å². The minimum Gasteiger partial charge on any atom is -0.394 e. The van der Waals surface area contributed by atoms with E-state index >= 15 is 0 Å². The van der Waals surface area contributed by atoms with Crippen LogP contribution in [0.1, 0.15) is 12.0 Å². The van der Waals surface area contributed by atoms with Crippen LogP contribution in [0.3, 0.4) is 0 Å². The fourth-order valence-corrected chi connectivity index (χ4v) is 4.49. The van der Waals surface area contributed by atoms with Crippen molar-refractivity contribution in [1.29, 1.82) is 5.26 Å². The van der Waals surface area contributed by atoms with Gasteiger partial charge in [0.1, 0.15) is 6.07 Å². The quantitative estimate of drug-likeness (QED) is 0.376. The molecule has 1 unspecified atom stereocenters. The van der Waals surface area contributed by atoms with Crippen LogP contribution in [0.2, 0.25) is 0 Å². The monoisotopic (exact) mass is 474 g/mol. The second-order valence-electron chi connectivity index (χ2n) is 7.86. The summed E-state index contributed by atoms with van der Waals surface area (Å²) in [6.45, 7) is 4.42. The van der Waals surface area contributed by atoms with Gasteiger partial charge in [0, 0.05) is 45.0 Å². The number of nitrogens with one attached hydrogen (secondary N) is 2. The van der Waals surface area contributed by atoms with Crippen molar-refractivity contribution in [3.8, 4) is 6.07 Å². The molecule has 33 heavy (non-hydrogen) atoms. The molecule has 9 nitrogen and oxygen atoms in total. The summed E-state index contributed by atoms with van der Waals surface area (Å²) in [4.78, 5) is 1.92. The topological polar surface area (TPSA) is 135 Å². The summed E-state index contributed by atoms with van der Waals surface area (Å²) in [5.74, 6) is 0. The number of aliphatic hydroxyl groups is 2. The number of hydrogen-bond acceptors (Lipinski definition) is 8. The number of nitriles is 1. The van der Waals surface area contributed by atoms with Gasteiger partial charge in [-0.3, -0.25) is 4.90 Å². The molecule has 0 bridgehead atoms. The molecular formula is C23H30N4O5S. The van der Waals surface area contributed by atoms with Crippen molar-refractivity contribution >= 4 is 32.6 Å². The maximum atomic E-state index is 12.3. The van der Waals surface area contributed by atoms with E-state index in [1.807, 2.05) is 30.3 Å². The lowest BCUT2D eigenvalue weighted by Crippen LogP contribution is -2.34. The molecule has 1 fully saturated rings. The van der Waals surface area contributed by atoms with Crippen molar-refractivity contribution in [2.45, 2.75) is 12.5 Å². The smallest absolute Gasteiger partial charge is 0.250 e. The summed E-state index contributed by atoms with van der Waals surface area (Å²) < 4.78 is 32.2. The molecule has 1 aliphatic heterocycles. The molecule has 0 radical (unpaired) electrons. The minimum absolute atomic E-state index is 0.378. The van der Waals surface area contributed by atoms with E-state index in [-0.39, 0.29) is 6.54 Å². The molecule has 0 amide bonds. The summed E-state index contributed by atoms with van der Waals surface area (Å²) in [6.07, 6.45) is 1.11. The first kappa shape index (κ1) is 25.1. The Labute approximate surface area is 194 Å². The zero-order valence-corrected chi connectivity index (χ0v) is 19.2. The second-order valence-corrected chi connectivity index (χ2v) is 9.60. The zero-order chi connectivity index (χ0) is 23.7. The maximum absolute atomic E-state index is 12.3. The van der Waals surface area contributed by atoms with E-state index in [0.29, 0.717) is 5.56 Å². The van der Waals surface area contributed by atoms with Gasteiger partial charge in [-0.05, 0) is 47.0 Å². The average Bonchev–Trinajstić information content (AvgIpc) is 3.09. The number of allylic oxidation sites excluding steroid dienone is 1. The molecule has 2 aromatic carbocycles. The lowest BCUT2D eigenvalue weighted by atomic mass is 10.1. The van der Waals surface area contributed by atoms with E-state index in [2.05, 4.69) is 14.9 Å². The predicted molar refractivity (Wildman–Crippen MR) is 128 cm³/mol. The molecule has 1 aliphatic rings. The van der Waals surface area contributed by atoms with Gasteiger partial charge < -0.3 is 20.3 Å². The number of sulfonamides is 1. The van der Waals surface area contributed by atoms with Gasteiger partial charge in [0.05, 0.1) is 19.3 Å². The fourth-order valence-electron chi connectivity index (χ4n) is 3.51. The average molecular weight is 475 g/mol. The third-order valence-electron chi connectivity index (χ3n) is 5.35. The third kappa shape index (κ3) is 7.50. The highest BCUT2D eigenvalue weighted by atomic mass is 32.2. The van der Waals surface area contributed by atoms with E-state index < -0.39 is 27.6 Å². The third-order valence-corrected chi connectivity index (χ3v) is 6.69. The van der Waals surface area contributed by atoms with Gasteiger partial charge >= 0.3 is 0 Å². The molecule has 2 aromatic rings. The lowest BCUT2D eigenvalue weighted by Gasteiger charge is -2.19. The molecule has 0 aromatic heterocycles. The van der Waals surface area contributed by atoms with Gasteiger partial charge in [0.2, 0.25) is 0 Å². The Kier molecular flexibility index (Phi) is 9.20. The van der Waals surface area contributed by atoms with Crippen LogP contribution >= 0.6 is 0 Å². The summed E-state index contributed by atoms with van der Waals surface area (Å²) in [5, 5.41) is 32.8. The normalized spacial score (nSPS) is 16.8. The van der Waals surface area contributed by atoms with Crippen LogP contribution in [-0.2, 0) is 14.8 Å². The van der Waals surface area contributed by atoms with Gasteiger partial charge in [-0.2, -0.15) is 5.26 Å². The Balaban J connectivity index is 1.66. The van der Waals surface area contributed by atoms with Crippen molar-refractivity contribution in [2.24, 2.45) is 0 Å². The molecule has 4 N–H and O–H groups in total. The van der Waals surface area contributed by atoms with Gasteiger partial charge in [-0.25, -0.2) is 13.1 Å². The van der Waals surface area contributed by atoms with Crippen LogP contribution < -0.4 is 10.0 Å². The molecule has 178 valence electrons. The number of rotatable bonds is 10. The minimum atomic E-state index is -4.10. The van der Waals surface area contributed by atoms with E-state index in [4.69, 9.17) is 9.84 Å². The first-order chi connectivity index (χ1) is 15.9. The number of nitrogens with zero attached hydrogens (tertiary/aromatic N) is 2. The van der Waals surface area contributed by atoms with E-state index in [9.17, 15) is 18.8 Å². The van der Waals surface area contributed by atoms with Crippen molar-refractivity contribution in [3.05, 3.63) is 46.9 Å². The molecule has 1 saturated heterocycles. The molecule has 10 heteroatoms. The van der Waals surface area contributed by atoms with E-state index in [1.165, 1.54) is 6.08 Å². The molecule has 1 heterocycles. The number of aliphatic hydroxyl groups excluding tert-OH is 2. The standard InChI is InChI=1S/C23H30N4O5S/c24-15-23(33(30,31)26-16-22(29)17-28)13-18-2-3-20-14-21(5-4-19(20)12-18)25-6-8-27-7-1-10-32-11-9-27/h2-5,12-14,22,25-26,28-29H,1,6-11,16-17H2/b23-13+. The second kappa shape index (κ2) is 12.1. The van der Waals surface area contributed by atoms with Gasteiger partial charge in [-0.1, -0.05) is 18.2 Å². The lowest BCUT2D eigenvalue weighted by molar-refractivity contribution is 0.0989. The summed E-state index contributed by atoms with van der Waals surface area (Å²) in [7, 11) is -4.10. The highest BCUT2D eigenvalue weighted by molar-refractivity contribution is 7.93. The van der Waals surface area contributed by atoms with Crippen LogP contribution in [0.5, 0.6) is 0 Å². The SMILES string of the molecule is N#C/C(=C\c1ccc2cc(NCCN3CCCOCC3)ccc2c1)S(=O)(=O)NCC(O)CO. The Bertz CT molecular complexity index is 1110. The fraction of sp³-hybridized carbons (Fsp3) is 0.435. The predicted octanol–water partition coefficient (Wildman–Crippen LogP) is 1.11. The van der Waals surface area contributed by atoms with Crippen LogP contribution in [0.25, 0.3) is 16.8 Å². The zero-order valence-electron chi connectivity index (χ0n) is 18.4. The highest BCUT2D eigenvalue weighted by Gasteiger charge is 2.18. The van der Waals surface area contributed by atoms with Crippen molar-refractivity contribution in [1.82, 2.24) is 9.62 Å². The molecule has 0 spiro atoms. The summed E-state index contributed by atoms with van der Waals surface area (Å²) in [5.41, 5.74) is 1.57. The summed E-state index contributed by atoms with van der Waals surface area (Å²) in [6, 6.07) is 13.1. The molecule has 3 rings (SSSR count). The van der Waals surface area contributed by atoms with Crippen LogP contribution in [0.4, 0.5) is 5.69 Å². The van der Waals surface area contributed by atoms with Crippen LogP contribution in [0.15, 0.2) is 41.3 Å². The Morgan fingerprint density at radius 1 is 1.21 bits per heavy atom. The Hall–Kier alpha value is -2.52. The van der Waals surface area contributed by atoms with Crippen molar-refractivity contribution in [3.63, 3.8) is 0 Å². The molecule has 1 atom stereocenters. The number of ether oxygens (including phenoxy) is 1. The number of anilines is 1. The van der Waals surface area contributed by atoms with Gasteiger partial charge in [0.15, 0.2) is 4.91 Å². The Morgan fingerprint density at radius 3 is 2.79 bits per heavy atom. The summed E-state index contributed by atoms with van der Waals surface area (Å²) >= 11 is 0. The van der Waals surface area contributed by atoms with E-state index in [0.717, 1.165) is 62.3 Å². The first-order valence-corrected chi connectivity index (χ1v) is 12.4. The number of fused-ring (bicyclic) bond motifs is 1. The molecule has 0 saturated carbocycles. The highest BCUT2D eigenvalue weighted by Crippen LogP contribution is 2.22. The maximum Gasteiger partial charge on any atom is 0.250 e. The molecular weight excluding hydrogens is 444 g/mol. The Morgan fingerprint density at radius 2 is 2.00 bits per heavy atom. The number of benzene rings is 2. The largest absolute Gasteiger partial charge is 0.394 e. The van der Waals surface area contributed by atoms with Gasteiger partial charge in [0.25, 0.3) is 10.0 Å². The molecule has 0 aliphatic carbocycles. The van der Waals surface area contributed by atoms with Gasteiger partial charge in [-0.15, -0.1) is 0 Å². The van der Waals surface area contributed by atoms with Crippen molar-refractivity contribution in [2.75, 3.05) is 57.9 Å². The first-order valence-electron chi connectivity index (χ1n) is 10.9. The van der Waals surface area contributed by atoms with Crippen LogP contribution in [0, 0.1) is 11.3 Å². The van der Waals surface area contributed by atoms with Crippen LogP contribution in [-0.4, -0.2) is 82.2 Å². The van der Waals surface area contributed by atoms with E-state index in [1.54, 1.807) is 12.1 Å². The number of hydrogen-bond donors (Lipinski definition) is 4.